The molecule has 3 nitrogen and oxygen atoms in total. The van der Waals surface area contributed by atoms with E-state index in [1.54, 1.807) is 12.5 Å². The lowest BCUT2D eigenvalue weighted by Crippen LogP contribution is -2.09. The van der Waals surface area contributed by atoms with Crippen LogP contribution in [0, 0.1) is 0 Å². The summed E-state index contributed by atoms with van der Waals surface area (Å²) >= 11 is 3.45. The maximum absolute atomic E-state index is 6.11. The molecule has 2 aromatic heterocycles. The van der Waals surface area contributed by atoms with Gasteiger partial charge in [-0.2, -0.15) is 0 Å². The van der Waals surface area contributed by atoms with E-state index in [-0.39, 0.29) is 6.04 Å². The number of fused-ring (bicyclic) bond motifs is 1. The van der Waals surface area contributed by atoms with Crippen LogP contribution in [0.5, 0.6) is 0 Å². The molecule has 4 heteroatoms. The summed E-state index contributed by atoms with van der Waals surface area (Å²) in [5.74, 6) is 0.730. The Hall–Kier alpha value is -1.52. The number of halogens is 1. The van der Waals surface area contributed by atoms with E-state index in [2.05, 4.69) is 15.9 Å². The Morgan fingerprint density at radius 2 is 2.12 bits per heavy atom. The minimum atomic E-state index is -0.298. The van der Waals surface area contributed by atoms with E-state index >= 15 is 0 Å². The summed E-state index contributed by atoms with van der Waals surface area (Å²) in [4.78, 5) is 0. The quantitative estimate of drug-likeness (QED) is 0.780. The summed E-state index contributed by atoms with van der Waals surface area (Å²) in [6.07, 6.45) is 3.24. The minimum Gasteiger partial charge on any atom is -0.472 e. The van der Waals surface area contributed by atoms with E-state index in [1.165, 1.54) is 0 Å². The molecule has 0 aliphatic rings. The van der Waals surface area contributed by atoms with Crippen molar-refractivity contribution in [1.82, 2.24) is 0 Å². The van der Waals surface area contributed by atoms with Gasteiger partial charge in [-0.1, -0.05) is 12.1 Å². The van der Waals surface area contributed by atoms with Crippen LogP contribution in [0.1, 0.15) is 17.4 Å². The molecule has 17 heavy (non-hydrogen) atoms. The van der Waals surface area contributed by atoms with E-state index in [0.717, 1.165) is 26.8 Å². The second kappa shape index (κ2) is 4.05. The molecule has 1 aromatic carbocycles. The van der Waals surface area contributed by atoms with Gasteiger partial charge in [0.05, 0.1) is 23.0 Å². The molecule has 0 saturated carbocycles. The summed E-state index contributed by atoms with van der Waals surface area (Å²) < 4.78 is 11.7. The minimum absolute atomic E-state index is 0.298. The van der Waals surface area contributed by atoms with Crippen molar-refractivity contribution < 1.29 is 8.83 Å². The molecule has 2 heterocycles. The third-order valence-electron chi connectivity index (χ3n) is 2.72. The zero-order chi connectivity index (χ0) is 11.8. The molecule has 1 atom stereocenters. The van der Waals surface area contributed by atoms with Gasteiger partial charge in [0.15, 0.2) is 0 Å². The largest absolute Gasteiger partial charge is 0.472 e. The Kier molecular flexibility index (Phi) is 2.53. The van der Waals surface area contributed by atoms with Gasteiger partial charge in [-0.05, 0) is 34.1 Å². The Bertz CT molecular complexity index is 643. The molecule has 0 aliphatic heterocycles. The van der Waals surface area contributed by atoms with E-state index in [0.29, 0.717) is 0 Å². The fraction of sp³-hybridized carbons (Fsp3) is 0.0769. The molecular formula is C13H10BrNO2. The summed E-state index contributed by atoms with van der Waals surface area (Å²) in [7, 11) is 0. The molecule has 0 amide bonds. The summed E-state index contributed by atoms with van der Waals surface area (Å²) in [5, 5.41) is 1.04. The van der Waals surface area contributed by atoms with Gasteiger partial charge in [0.25, 0.3) is 0 Å². The van der Waals surface area contributed by atoms with Crippen molar-refractivity contribution in [3.63, 3.8) is 0 Å². The maximum atomic E-state index is 6.11. The maximum Gasteiger partial charge on any atom is 0.148 e. The third-order valence-corrected chi connectivity index (χ3v) is 3.35. The molecule has 0 radical (unpaired) electrons. The zero-order valence-electron chi connectivity index (χ0n) is 8.89. The summed E-state index contributed by atoms with van der Waals surface area (Å²) in [5.41, 5.74) is 7.83. The predicted molar refractivity (Wildman–Crippen MR) is 68.7 cm³/mol. The van der Waals surface area contributed by atoms with Crippen molar-refractivity contribution >= 4 is 26.9 Å². The smallest absolute Gasteiger partial charge is 0.148 e. The highest BCUT2D eigenvalue weighted by Gasteiger charge is 2.15. The number of hydrogen-bond acceptors (Lipinski definition) is 3. The average molecular weight is 292 g/mol. The van der Waals surface area contributed by atoms with Crippen LogP contribution in [0.2, 0.25) is 0 Å². The van der Waals surface area contributed by atoms with E-state index in [1.807, 2.05) is 30.3 Å². The number of hydrogen-bond donors (Lipinski definition) is 1. The topological polar surface area (TPSA) is 52.3 Å². The van der Waals surface area contributed by atoms with Gasteiger partial charge in [0.1, 0.15) is 11.3 Å². The fourth-order valence-electron chi connectivity index (χ4n) is 1.82. The first-order valence-electron chi connectivity index (χ1n) is 5.21. The highest BCUT2D eigenvalue weighted by atomic mass is 79.9. The molecule has 2 N–H and O–H groups in total. The molecule has 0 fully saturated rings. The molecular weight excluding hydrogens is 282 g/mol. The van der Waals surface area contributed by atoms with Crippen molar-refractivity contribution in [1.29, 1.82) is 0 Å². The van der Waals surface area contributed by atoms with Crippen LogP contribution in [-0.4, -0.2) is 0 Å². The van der Waals surface area contributed by atoms with Gasteiger partial charge in [-0.3, -0.25) is 0 Å². The molecule has 3 rings (SSSR count). The molecule has 0 bridgehead atoms. The molecule has 0 saturated heterocycles. The van der Waals surface area contributed by atoms with Gasteiger partial charge in [-0.25, -0.2) is 0 Å². The van der Waals surface area contributed by atoms with Crippen molar-refractivity contribution in [2.24, 2.45) is 5.73 Å². The lowest BCUT2D eigenvalue weighted by atomic mass is 10.1. The van der Waals surface area contributed by atoms with Gasteiger partial charge in [0.2, 0.25) is 0 Å². The second-order valence-electron chi connectivity index (χ2n) is 3.84. The molecule has 86 valence electrons. The number of para-hydroxylation sites is 1. The Labute approximate surface area is 106 Å². The summed E-state index contributed by atoms with van der Waals surface area (Å²) in [6.45, 7) is 0. The molecule has 0 spiro atoms. The number of furan rings is 2. The SMILES string of the molecule is NC(c1ccoc1)c1cc2cccc(Br)c2o1. The highest BCUT2D eigenvalue weighted by Crippen LogP contribution is 2.31. The Morgan fingerprint density at radius 3 is 2.82 bits per heavy atom. The first kappa shape index (κ1) is 10.6. The van der Waals surface area contributed by atoms with E-state index in [4.69, 9.17) is 14.6 Å². The van der Waals surface area contributed by atoms with Crippen LogP contribution in [0.15, 0.2) is 56.2 Å². The van der Waals surface area contributed by atoms with Crippen LogP contribution < -0.4 is 5.73 Å². The van der Waals surface area contributed by atoms with Crippen LogP contribution in [0.25, 0.3) is 11.0 Å². The van der Waals surface area contributed by atoms with Gasteiger partial charge in [-0.15, -0.1) is 0 Å². The van der Waals surface area contributed by atoms with Crippen molar-refractivity contribution in [3.8, 4) is 0 Å². The average Bonchev–Trinajstić information content (AvgIpc) is 2.98. The van der Waals surface area contributed by atoms with Gasteiger partial charge in [0, 0.05) is 10.9 Å². The number of benzene rings is 1. The Balaban J connectivity index is 2.10. The third kappa shape index (κ3) is 1.79. The molecule has 1 unspecified atom stereocenters. The lowest BCUT2D eigenvalue weighted by Gasteiger charge is -2.04. The standard InChI is InChI=1S/C13H10BrNO2/c14-10-3-1-2-8-6-11(17-13(8)10)12(15)9-4-5-16-7-9/h1-7,12H,15H2. The lowest BCUT2D eigenvalue weighted by molar-refractivity contribution is 0.516. The van der Waals surface area contributed by atoms with Crippen LogP contribution in [0.4, 0.5) is 0 Å². The van der Waals surface area contributed by atoms with Crippen molar-refractivity contribution in [2.75, 3.05) is 0 Å². The van der Waals surface area contributed by atoms with Crippen LogP contribution in [-0.2, 0) is 0 Å². The Morgan fingerprint density at radius 1 is 1.24 bits per heavy atom. The monoisotopic (exact) mass is 291 g/mol. The zero-order valence-corrected chi connectivity index (χ0v) is 10.5. The van der Waals surface area contributed by atoms with E-state index < -0.39 is 0 Å². The number of rotatable bonds is 2. The van der Waals surface area contributed by atoms with Crippen LogP contribution >= 0.6 is 15.9 Å². The fourth-order valence-corrected chi connectivity index (χ4v) is 2.28. The van der Waals surface area contributed by atoms with E-state index in [9.17, 15) is 0 Å². The number of nitrogens with two attached hydrogens (primary N) is 1. The normalized spacial score (nSPS) is 13.1. The first-order chi connectivity index (χ1) is 8.25. The molecule has 0 aliphatic carbocycles. The van der Waals surface area contributed by atoms with Crippen molar-refractivity contribution in [3.05, 3.63) is 58.7 Å². The second-order valence-corrected chi connectivity index (χ2v) is 4.70. The highest BCUT2D eigenvalue weighted by molar-refractivity contribution is 9.10. The van der Waals surface area contributed by atoms with Crippen LogP contribution in [0.3, 0.4) is 0 Å². The van der Waals surface area contributed by atoms with Crippen molar-refractivity contribution in [2.45, 2.75) is 6.04 Å². The first-order valence-corrected chi connectivity index (χ1v) is 6.00. The van der Waals surface area contributed by atoms with Gasteiger partial charge < -0.3 is 14.6 Å². The summed E-state index contributed by atoms with van der Waals surface area (Å²) in [6, 6.07) is 9.40. The van der Waals surface area contributed by atoms with Gasteiger partial charge >= 0.3 is 0 Å². The predicted octanol–water partition coefficient (Wildman–Crippen LogP) is 3.84. The molecule has 3 aromatic rings.